The van der Waals surface area contributed by atoms with E-state index >= 15 is 0 Å². The fraction of sp³-hybridized carbons (Fsp3) is 0.136. The molecule has 0 aliphatic rings. The standard InChI is InChI=1S/C11H4ClF3N4.C11H8ClF3N4.ClH/c1-16-10-2-6(7(12)3-19-10)8-4-18-9(5-17-8)11(13,14)15;12-8-3-17-6(2-16)1-7(8)9-4-19-10(5-18-9)11(13,14)15;/h2-5H;1,3-5H,2,16H2;1H. The number of nitrogens with zero attached hydrogens (tertiary/aromatic N) is 7. The zero-order valence-electron chi connectivity index (χ0n) is 19.0. The Morgan fingerprint density at radius 3 is 1.54 bits per heavy atom. The number of alkyl halides is 6. The highest BCUT2D eigenvalue weighted by atomic mass is 35.5. The molecule has 0 aliphatic heterocycles. The summed E-state index contributed by atoms with van der Waals surface area (Å²) in [6.45, 7) is 7.02. The Morgan fingerprint density at radius 2 is 1.15 bits per heavy atom. The van der Waals surface area contributed by atoms with E-state index in [9.17, 15) is 26.3 Å². The topological polar surface area (TPSA) is 108 Å². The third kappa shape index (κ3) is 8.17. The van der Waals surface area contributed by atoms with Crippen molar-refractivity contribution in [1.82, 2.24) is 29.9 Å². The van der Waals surface area contributed by atoms with Crippen LogP contribution in [0.15, 0.2) is 49.3 Å². The van der Waals surface area contributed by atoms with Crippen LogP contribution >= 0.6 is 35.6 Å². The molecule has 2 N–H and O–H groups in total. The first-order valence-corrected chi connectivity index (χ1v) is 10.8. The van der Waals surface area contributed by atoms with Gasteiger partial charge < -0.3 is 10.6 Å². The summed E-state index contributed by atoms with van der Waals surface area (Å²) in [5.74, 6) is 0.0705. The lowest BCUT2D eigenvalue weighted by Gasteiger charge is -2.07. The van der Waals surface area contributed by atoms with Crippen molar-refractivity contribution in [2.75, 3.05) is 0 Å². The summed E-state index contributed by atoms with van der Waals surface area (Å²) in [4.78, 5) is 24.8. The van der Waals surface area contributed by atoms with Crippen LogP contribution in [-0.4, -0.2) is 29.9 Å². The SMILES string of the molecule is Cl.NCc1cc(-c2cnc(C(F)(F)F)cn2)c(Cl)cn1.[C-]#[N+]c1cc(-c2cnc(C(F)(F)F)cn2)c(Cl)cn1. The molecule has 8 nitrogen and oxygen atoms in total. The van der Waals surface area contributed by atoms with Crippen molar-refractivity contribution < 1.29 is 26.3 Å². The largest absolute Gasteiger partial charge is 0.434 e. The number of pyridine rings is 2. The summed E-state index contributed by atoms with van der Waals surface area (Å²) in [5, 5.41) is 0.452. The maximum Gasteiger partial charge on any atom is 0.434 e. The van der Waals surface area contributed by atoms with Gasteiger partial charge in [0.25, 0.3) is 5.82 Å². The molecule has 0 aromatic carbocycles. The van der Waals surface area contributed by atoms with E-state index in [1.807, 2.05) is 0 Å². The molecule has 0 saturated carbocycles. The Kier molecular flexibility index (Phi) is 10.5. The molecule has 0 bridgehead atoms. The molecule has 0 unspecified atom stereocenters. The molecule has 17 heteroatoms. The maximum atomic E-state index is 12.4. The lowest BCUT2D eigenvalue weighted by Crippen LogP contribution is -2.08. The summed E-state index contributed by atoms with van der Waals surface area (Å²) in [6.07, 6.45) is -3.20. The minimum atomic E-state index is -4.55. The minimum absolute atomic E-state index is 0. The van der Waals surface area contributed by atoms with Gasteiger partial charge in [0.05, 0.1) is 51.9 Å². The lowest BCUT2D eigenvalue weighted by molar-refractivity contribution is -0.142. The average molecular weight is 610 g/mol. The van der Waals surface area contributed by atoms with Crippen LogP contribution < -0.4 is 5.73 Å². The van der Waals surface area contributed by atoms with E-state index < -0.39 is 23.7 Å². The molecule has 0 atom stereocenters. The number of hydrogen-bond acceptors (Lipinski definition) is 7. The van der Waals surface area contributed by atoms with Crippen molar-refractivity contribution >= 4 is 41.4 Å². The van der Waals surface area contributed by atoms with Gasteiger partial charge in [-0.15, -0.1) is 17.4 Å². The second kappa shape index (κ2) is 12.9. The fourth-order valence-electron chi connectivity index (χ4n) is 2.70. The monoisotopic (exact) mass is 608 g/mol. The molecule has 0 aliphatic carbocycles. The first-order chi connectivity index (χ1) is 17.8. The molecule has 0 saturated heterocycles. The van der Waals surface area contributed by atoms with Gasteiger partial charge in [0.1, 0.15) is 6.20 Å². The number of rotatable bonds is 3. The first kappa shape index (κ1) is 31.6. The predicted molar refractivity (Wildman–Crippen MR) is 132 cm³/mol. The maximum absolute atomic E-state index is 12.4. The Labute approximate surface area is 232 Å². The van der Waals surface area contributed by atoms with Crippen LogP contribution in [-0.2, 0) is 18.9 Å². The zero-order valence-corrected chi connectivity index (χ0v) is 21.3. The Bertz CT molecular complexity index is 1460. The van der Waals surface area contributed by atoms with Crippen molar-refractivity contribution in [3.05, 3.63) is 87.9 Å². The summed E-state index contributed by atoms with van der Waals surface area (Å²) < 4.78 is 74.1. The van der Waals surface area contributed by atoms with Gasteiger partial charge in [0.15, 0.2) is 11.4 Å². The van der Waals surface area contributed by atoms with Crippen LogP contribution in [0.25, 0.3) is 27.4 Å². The zero-order chi connectivity index (χ0) is 28.1. The Morgan fingerprint density at radius 1 is 0.692 bits per heavy atom. The minimum Gasteiger partial charge on any atom is -0.361 e. The molecule has 39 heavy (non-hydrogen) atoms. The van der Waals surface area contributed by atoms with Gasteiger partial charge in [-0.05, 0) is 12.1 Å². The van der Waals surface area contributed by atoms with Crippen molar-refractivity contribution in [2.45, 2.75) is 18.9 Å². The normalized spacial score (nSPS) is 11.1. The number of aromatic nitrogens is 6. The quantitative estimate of drug-likeness (QED) is 0.200. The van der Waals surface area contributed by atoms with E-state index in [1.165, 1.54) is 18.5 Å². The predicted octanol–water partition coefficient (Wildman–Crippen LogP) is 6.85. The molecule has 0 spiro atoms. The van der Waals surface area contributed by atoms with E-state index in [0.717, 1.165) is 12.4 Å². The Hall–Kier alpha value is -3.64. The average Bonchev–Trinajstić information content (AvgIpc) is 2.89. The van der Waals surface area contributed by atoms with Crippen LogP contribution in [0.5, 0.6) is 0 Å². The van der Waals surface area contributed by atoms with Crippen LogP contribution in [0.1, 0.15) is 17.1 Å². The second-order valence-corrected chi connectivity index (χ2v) is 7.88. The molecule has 4 heterocycles. The van der Waals surface area contributed by atoms with Crippen molar-refractivity contribution in [1.29, 1.82) is 0 Å². The lowest BCUT2D eigenvalue weighted by atomic mass is 10.1. The van der Waals surface area contributed by atoms with E-state index in [2.05, 4.69) is 34.7 Å². The summed E-state index contributed by atoms with van der Waals surface area (Å²) in [7, 11) is 0. The molecule has 4 aromatic heterocycles. The molecule has 4 rings (SSSR count). The first-order valence-electron chi connectivity index (χ1n) is 10.00. The van der Waals surface area contributed by atoms with Gasteiger partial charge in [-0.3, -0.25) is 15.0 Å². The van der Waals surface area contributed by atoms with Gasteiger partial charge in [-0.25, -0.2) is 9.97 Å². The fourth-order valence-corrected chi connectivity index (χ4v) is 3.10. The van der Waals surface area contributed by atoms with E-state index in [4.69, 9.17) is 35.5 Å². The molecule has 0 radical (unpaired) electrons. The van der Waals surface area contributed by atoms with E-state index in [1.54, 1.807) is 6.07 Å². The second-order valence-electron chi connectivity index (χ2n) is 7.06. The van der Waals surface area contributed by atoms with Crippen LogP contribution in [0.4, 0.5) is 32.2 Å². The van der Waals surface area contributed by atoms with Crippen molar-refractivity contribution in [3.8, 4) is 22.5 Å². The molecule has 0 fully saturated rings. The van der Waals surface area contributed by atoms with Gasteiger partial charge >= 0.3 is 12.4 Å². The van der Waals surface area contributed by atoms with Crippen LogP contribution in [0, 0.1) is 6.57 Å². The molecule has 0 amide bonds. The third-order valence-electron chi connectivity index (χ3n) is 4.51. The number of nitrogens with two attached hydrogens (primary N) is 1. The highest BCUT2D eigenvalue weighted by molar-refractivity contribution is 6.33. The number of hydrogen-bond donors (Lipinski definition) is 1. The molecular formula is C22H13Cl3F6N8. The smallest absolute Gasteiger partial charge is 0.361 e. The van der Waals surface area contributed by atoms with Crippen LogP contribution in [0.2, 0.25) is 10.0 Å². The molecule has 204 valence electrons. The highest BCUT2D eigenvalue weighted by Crippen LogP contribution is 2.32. The van der Waals surface area contributed by atoms with Gasteiger partial charge in [-0.2, -0.15) is 26.3 Å². The van der Waals surface area contributed by atoms with E-state index in [-0.39, 0.29) is 46.2 Å². The highest BCUT2D eigenvalue weighted by Gasteiger charge is 2.33. The van der Waals surface area contributed by atoms with E-state index in [0.29, 0.717) is 29.2 Å². The van der Waals surface area contributed by atoms with Crippen LogP contribution in [0.3, 0.4) is 0 Å². The summed E-state index contributed by atoms with van der Waals surface area (Å²) >= 11 is 11.8. The Balaban J connectivity index is 0.000000267. The molecular weight excluding hydrogens is 597 g/mol. The van der Waals surface area contributed by atoms with Crippen molar-refractivity contribution in [3.63, 3.8) is 0 Å². The summed E-state index contributed by atoms with van der Waals surface area (Å²) in [5.41, 5.74) is 4.98. The molecule has 4 aromatic rings. The third-order valence-corrected chi connectivity index (χ3v) is 5.12. The van der Waals surface area contributed by atoms with Gasteiger partial charge in [0, 0.05) is 23.9 Å². The van der Waals surface area contributed by atoms with Gasteiger partial charge in [-0.1, -0.05) is 29.8 Å². The number of halogens is 9. The summed E-state index contributed by atoms with van der Waals surface area (Å²) in [6, 6.07) is 2.91. The van der Waals surface area contributed by atoms with Gasteiger partial charge in [0.2, 0.25) is 0 Å². The van der Waals surface area contributed by atoms with Crippen molar-refractivity contribution in [2.24, 2.45) is 5.73 Å².